The van der Waals surface area contributed by atoms with Crippen LogP contribution in [0, 0.1) is 11.8 Å². The molecule has 0 aliphatic rings. The molecule has 0 aliphatic heterocycles. The predicted molar refractivity (Wildman–Crippen MR) is 124 cm³/mol. The molecule has 35 heavy (non-hydrogen) atoms. The summed E-state index contributed by atoms with van der Waals surface area (Å²) in [6.07, 6.45) is 0.240. The Balaban J connectivity index is 5.11. The highest BCUT2D eigenvalue weighted by molar-refractivity contribution is 5.94. The molecule has 0 aromatic carbocycles. The highest BCUT2D eigenvalue weighted by Gasteiger charge is 2.29. The minimum absolute atomic E-state index is 0.00491. The predicted octanol–water partition coefficient (Wildman–Crippen LogP) is -3.20. The number of carboxylic acid groups (broad SMARTS) is 1. The zero-order valence-electron chi connectivity index (χ0n) is 20.7. The van der Waals surface area contributed by atoms with Gasteiger partial charge in [-0.3, -0.25) is 28.8 Å². The Bertz CT molecular complexity index is 773. The van der Waals surface area contributed by atoms with Crippen molar-refractivity contribution >= 4 is 35.5 Å². The van der Waals surface area contributed by atoms with Crippen LogP contribution in [0.25, 0.3) is 0 Å². The lowest BCUT2D eigenvalue weighted by Crippen LogP contribution is -2.57. The summed E-state index contributed by atoms with van der Waals surface area (Å²) in [6.45, 7) is 6.74. The summed E-state index contributed by atoms with van der Waals surface area (Å²) in [5, 5.41) is 29.6. The van der Waals surface area contributed by atoms with Gasteiger partial charge in [0.25, 0.3) is 0 Å². The molecule has 4 atom stereocenters. The number of aliphatic hydroxyl groups excluding tert-OH is 1. The van der Waals surface area contributed by atoms with Crippen molar-refractivity contribution in [3.8, 4) is 0 Å². The number of aliphatic hydroxyl groups is 1. The third-order valence-electron chi connectivity index (χ3n) is 4.73. The van der Waals surface area contributed by atoms with Gasteiger partial charge in [0.2, 0.25) is 29.5 Å². The molecule has 0 aliphatic carbocycles. The molecule has 0 spiro atoms. The molecule has 0 aromatic heterocycles. The van der Waals surface area contributed by atoms with Crippen molar-refractivity contribution in [3.05, 3.63) is 0 Å². The van der Waals surface area contributed by atoms with Crippen molar-refractivity contribution in [1.82, 2.24) is 26.6 Å². The van der Waals surface area contributed by atoms with Crippen molar-refractivity contribution in [2.24, 2.45) is 17.6 Å². The third-order valence-corrected chi connectivity index (χ3v) is 4.73. The fraction of sp³-hybridized carbons (Fsp3) is 0.714. The SMILES string of the molecule is CC(C)C[C@H](NC(=O)CNC(=O)[C@@H](N)CO)C(=O)N[C@H](C(=O)NCC(=O)N[C@@H](C)C(=O)O)C(C)C. The number of hydrogen-bond donors (Lipinski definition) is 8. The van der Waals surface area contributed by atoms with E-state index in [9.17, 15) is 28.8 Å². The van der Waals surface area contributed by atoms with E-state index in [1.807, 2.05) is 13.8 Å². The number of nitrogens with one attached hydrogen (secondary N) is 5. The van der Waals surface area contributed by atoms with Crippen molar-refractivity contribution in [3.63, 3.8) is 0 Å². The average molecular weight is 503 g/mol. The Morgan fingerprint density at radius 1 is 0.771 bits per heavy atom. The molecule has 0 saturated carbocycles. The lowest BCUT2D eigenvalue weighted by molar-refractivity contribution is -0.141. The molecule has 0 rings (SSSR count). The number of carboxylic acids is 1. The standard InChI is InChI=1S/C21H38N6O8/c1-10(2)6-14(26-16(30)8-23-18(31)13(22)9-28)19(32)27-17(11(3)4)20(33)24-7-15(29)25-12(5)21(34)35/h10-14,17,28H,6-9,22H2,1-5H3,(H,23,31)(H,24,33)(H,25,29)(H,26,30)(H,27,32)(H,34,35)/t12-,13-,14-,17-/m0/s1. The zero-order chi connectivity index (χ0) is 27.3. The van der Waals surface area contributed by atoms with E-state index in [4.69, 9.17) is 15.9 Å². The van der Waals surface area contributed by atoms with Crippen molar-refractivity contribution in [2.45, 2.75) is 65.2 Å². The number of carbonyl (C=O) groups excluding carboxylic acids is 5. The van der Waals surface area contributed by atoms with Gasteiger partial charge in [0.15, 0.2) is 0 Å². The number of hydrogen-bond acceptors (Lipinski definition) is 8. The van der Waals surface area contributed by atoms with Crippen LogP contribution < -0.4 is 32.3 Å². The van der Waals surface area contributed by atoms with Crippen molar-refractivity contribution < 1.29 is 39.0 Å². The molecule has 0 unspecified atom stereocenters. The molecular formula is C21H38N6O8. The Kier molecular flexibility index (Phi) is 14.2. The lowest BCUT2D eigenvalue weighted by Gasteiger charge is -2.26. The Morgan fingerprint density at radius 3 is 1.74 bits per heavy atom. The Labute approximate surface area is 204 Å². The van der Waals surface area contributed by atoms with Gasteiger partial charge in [0.05, 0.1) is 19.7 Å². The summed E-state index contributed by atoms with van der Waals surface area (Å²) in [5.41, 5.74) is 5.36. The Hall–Kier alpha value is -3.26. The van der Waals surface area contributed by atoms with Crippen LogP contribution >= 0.6 is 0 Å². The van der Waals surface area contributed by atoms with Crippen LogP contribution in [0.5, 0.6) is 0 Å². The van der Waals surface area contributed by atoms with Gasteiger partial charge in [0.1, 0.15) is 24.2 Å². The van der Waals surface area contributed by atoms with Crippen LogP contribution in [0.2, 0.25) is 0 Å². The fourth-order valence-corrected chi connectivity index (χ4v) is 2.75. The lowest BCUT2D eigenvalue weighted by atomic mass is 10.00. The van der Waals surface area contributed by atoms with Gasteiger partial charge in [-0.05, 0) is 25.2 Å². The van der Waals surface area contributed by atoms with Gasteiger partial charge in [-0.2, -0.15) is 0 Å². The maximum Gasteiger partial charge on any atom is 0.325 e. The molecule has 9 N–H and O–H groups in total. The van der Waals surface area contributed by atoms with Gasteiger partial charge in [-0.25, -0.2) is 0 Å². The monoisotopic (exact) mass is 502 g/mol. The zero-order valence-corrected chi connectivity index (χ0v) is 20.7. The maximum atomic E-state index is 12.9. The van der Waals surface area contributed by atoms with E-state index in [1.54, 1.807) is 13.8 Å². The van der Waals surface area contributed by atoms with Gasteiger partial charge in [-0.1, -0.05) is 27.7 Å². The van der Waals surface area contributed by atoms with Crippen LogP contribution in [-0.2, 0) is 28.8 Å². The summed E-state index contributed by atoms with van der Waals surface area (Å²) < 4.78 is 0. The number of rotatable bonds is 15. The molecule has 0 saturated heterocycles. The maximum absolute atomic E-state index is 12.9. The van der Waals surface area contributed by atoms with Crippen LogP contribution in [0.15, 0.2) is 0 Å². The van der Waals surface area contributed by atoms with Crippen LogP contribution in [0.4, 0.5) is 0 Å². The minimum Gasteiger partial charge on any atom is -0.480 e. The fourth-order valence-electron chi connectivity index (χ4n) is 2.75. The van der Waals surface area contributed by atoms with Gasteiger partial charge in [-0.15, -0.1) is 0 Å². The summed E-state index contributed by atoms with van der Waals surface area (Å²) in [4.78, 5) is 72.0. The molecule has 14 nitrogen and oxygen atoms in total. The smallest absolute Gasteiger partial charge is 0.325 e. The second-order valence-corrected chi connectivity index (χ2v) is 8.83. The molecule has 0 fully saturated rings. The van der Waals surface area contributed by atoms with Crippen molar-refractivity contribution in [2.75, 3.05) is 19.7 Å². The first-order chi connectivity index (χ1) is 16.2. The van der Waals surface area contributed by atoms with Gasteiger partial charge >= 0.3 is 5.97 Å². The van der Waals surface area contributed by atoms with Gasteiger partial charge in [0, 0.05) is 0 Å². The Morgan fingerprint density at radius 2 is 1.29 bits per heavy atom. The molecule has 0 radical (unpaired) electrons. The highest BCUT2D eigenvalue weighted by Crippen LogP contribution is 2.08. The second kappa shape index (κ2) is 15.6. The molecular weight excluding hydrogens is 464 g/mol. The highest BCUT2D eigenvalue weighted by atomic mass is 16.4. The topological polar surface area (TPSA) is 229 Å². The quantitative estimate of drug-likeness (QED) is 0.113. The van der Waals surface area contributed by atoms with Crippen LogP contribution in [0.1, 0.15) is 41.0 Å². The third kappa shape index (κ3) is 12.7. The first-order valence-electron chi connectivity index (χ1n) is 11.2. The summed E-state index contributed by atoms with van der Waals surface area (Å²) >= 11 is 0. The average Bonchev–Trinajstić information content (AvgIpc) is 2.77. The largest absolute Gasteiger partial charge is 0.480 e. The number of nitrogens with two attached hydrogens (primary N) is 1. The van der Waals surface area contributed by atoms with E-state index in [1.165, 1.54) is 6.92 Å². The first-order valence-corrected chi connectivity index (χ1v) is 11.2. The molecule has 14 heteroatoms. The molecule has 0 aromatic rings. The van der Waals surface area contributed by atoms with E-state index >= 15 is 0 Å². The van der Waals surface area contributed by atoms with Crippen molar-refractivity contribution in [1.29, 1.82) is 0 Å². The van der Waals surface area contributed by atoms with Gasteiger partial charge < -0.3 is 42.5 Å². The first kappa shape index (κ1) is 31.7. The number of aliphatic carboxylic acids is 1. The number of carbonyl (C=O) groups is 6. The molecule has 0 bridgehead atoms. The second-order valence-electron chi connectivity index (χ2n) is 8.83. The van der Waals surface area contributed by atoms with E-state index in [0.29, 0.717) is 0 Å². The summed E-state index contributed by atoms with van der Waals surface area (Å²) in [5.74, 6) is -5.02. The van der Waals surface area contributed by atoms with E-state index in [0.717, 1.165) is 0 Å². The molecule has 200 valence electrons. The minimum atomic E-state index is -1.23. The normalized spacial score (nSPS) is 14.3. The molecule has 5 amide bonds. The number of amides is 5. The van der Waals surface area contributed by atoms with Crippen LogP contribution in [0.3, 0.4) is 0 Å². The van der Waals surface area contributed by atoms with Crippen LogP contribution in [-0.4, -0.2) is 89.6 Å². The van der Waals surface area contributed by atoms with E-state index in [2.05, 4.69) is 26.6 Å². The summed E-state index contributed by atoms with van der Waals surface area (Å²) in [6, 6.07) is -4.37. The van der Waals surface area contributed by atoms with E-state index < -0.39 is 79.4 Å². The van der Waals surface area contributed by atoms with E-state index in [-0.39, 0.29) is 18.3 Å². The summed E-state index contributed by atoms with van der Waals surface area (Å²) in [7, 11) is 0. The molecule has 0 heterocycles.